The van der Waals surface area contributed by atoms with Crippen LogP contribution in [0.4, 0.5) is 0 Å². The van der Waals surface area contributed by atoms with Crippen molar-refractivity contribution in [3.8, 4) is 11.5 Å². The molecule has 0 atom stereocenters. The lowest BCUT2D eigenvalue weighted by Crippen LogP contribution is -2.04. The summed E-state index contributed by atoms with van der Waals surface area (Å²) in [6.45, 7) is 2.56. The molecule has 1 aliphatic heterocycles. The minimum atomic E-state index is -0.564. The Balaban J connectivity index is 1.60. The lowest BCUT2D eigenvalue weighted by atomic mass is 10.1. The van der Waals surface area contributed by atoms with Crippen molar-refractivity contribution in [1.82, 2.24) is 0 Å². The second-order valence-corrected chi connectivity index (χ2v) is 8.28. The zero-order valence-electron chi connectivity index (χ0n) is 16.7. The van der Waals surface area contributed by atoms with Gasteiger partial charge in [0, 0.05) is 0 Å². The van der Waals surface area contributed by atoms with E-state index < -0.39 is 5.97 Å². The first-order valence-corrected chi connectivity index (χ1v) is 11.1. The molecule has 4 rings (SSSR count). The van der Waals surface area contributed by atoms with E-state index in [2.05, 4.69) is 20.9 Å². The molecule has 164 valence electrons. The van der Waals surface area contributed by atoms with Crippen LogP contribution in [0.15, 0.2) is 68.3 Å². The Morgan fingerprint density at radius 3 is 2.69 bits per heavy atom. The smallest absolute Gasteiger partial charge is 0.363 e. The van der Waals surface area contributed by atoms with Crippen LogP contribution in [0.1, 0.15) is 23.8 Å². The van der Waals surface area contributed by atoms with Crippen molar-refractivity contribution in [2.24, 2.45) is 4.99 Å². The normalized spacial score (nSPS) is 14.4. The Labute approximate surface area is 202 Å². The lowest BCUT2D eigenvalue weighted by Gasteiger charge is -2.15. The Kier molecular flexibility index (Phi) is 6.89. The van der Waals surface area contributed by atoms with Gasteiger partial charge < -0.3 is 18.6 Å². The number of benzene rings is 2. The molecule has 9 heteroatoms. The van der Waals surface area contributed by atoms with E-state index in [0.717, 1.165) is 5.56 Å². The fourth-order valence-electron chi connectivity index (χ4n) is 2.93. The summed E-state index contributed by atoms with van der Waals surface area (Å²) in [5.41, 5.74) is 1.68. The summed E-state index contributed by atoms with van der Waals surface area (Å²) < 4.78 is 22.8. The van der Waals surface area contributed by atoms with E-state index in [0.29, 0.717) is 43.9 Å². The minimum absolute atomic E-state index is 0.122. The maximum atomic E-state index is 12.2. The van der Waals surface area contributed by atoms with Crippen molar-refractivity contribution in [3.05, 3.63) is 85.8 Å². The van der Waals surface area contributed by atoms with Crippen molar-refractivity contribution in [2.75, 3.05) is 6.61 Å². The molecule has 0 N–H and O–H groups in total. The number of esters is 1. The summed E-state index contributed by atoms with van der Waals surface area (Å²) >= 11 is 15.6. The number of ether oxygens (including phenoxy) is 3. The number of halogens is 3. The first-order valence-electron chi connectivity index (χ1n) is 9.54. The molecule has 0 fully saturated rings. The lowest BCUT2D eigenvalue weighted by molar-refractivity contribution is -0.130. The number of aliphatic imine (C=N–C) groups is 1. The van der Waals surface area contributed by atoms with Crippen LogP contribution in [0.2, 0.25) is 10.0 Å². The predicted molar refractivity (Wildman–Crippen MR) is 125 cm³/mol. The highest BCUT2D eigenvalue weighted by Gasteiger charge is 2.26. The molecule has 1 aromatic heterocycles. The van der Waals surface area contributed by atoms with Crippen LogP contribution < -0.4 is 9.47 Å². The van der Waals surface area contributed by atoms with Crippen LogP contribution in [-0.4, -0.2) is 18.5 Å². The second kappa shape index (κ2) is 9.81. The summed E-state index contributed by atoms with van der Waals surface area (Å²) in [5.74, 6) is 0.968. The molecule has 0 radical (unpaired) electrons. The van der Waals surface area contributed by atoms with Gasteiger partial charge in [-0.2, -0.15) is 0 Å². The number of hydrogen-bond donors (Lipinski definition) is 0. The van der Waals surface area contributed by atoms with Crippen LogP contribution in [0, 0.1) is 0 Å². The molecule has 0 saturated heterocycles. The Hall–Kier alpha value is -2.74. The van der Waals surface area contributed by atoms with Crippen molar-refractivity contribution < 1.29 is 23.4 Å². The molecule has 0 saturated carbocycles. The van der Waals surface area contributed by atoms with Crippen LogP contribution in [0.5, 0.6) is 11.5 Å². The third kappa shape index (κ3) is 5.01. The van der Waals surface area contributed by atoms with Gasteiger partial charge in [-0.1, -0.05) is 29.3 Å². The number of carbonyl (C=O) groups is 1. The van der Waals surface area contributed by atoms with E-state index in [-0.39, 0.29) is 18.2 Å². The molecule has 2 aromatic carbocycles. The Bertz CT molecular complexity index is 1220. The third-order valence-electron chi connectivity index (χ3n) is 4.35. The molecule has 0 amide bonds. The zero-order chi connectivity index (χ0) is 22.7. The van der Waals surface area contributed by atoms with Crippen molar-refractivity contribution >= 4 is 57.1 Å². The van der Waals surface area contributed by atoms with E-state index >= 15 is 0 Å². The third-order valence-corrected chi connectivity index (χ3v) is 5.68. The molecule has 0 bridgehead atoms. The van der Waals surface area contributed by atoms with E-state index in [1.165, 1.54) is 6.26 Å². The molecule has 0 unspecified atom stereocenters. The van der Waals surface area contributed by atoms with Crippen molar-refractivity contribution in [1.29, 1.82) is 0 Å². The van der Waals surface area contributed by atoms with Gasteiger partial charge in [-0.05, 0) is 76.5 Å². The van der Waals surface area contributed by atoms with Crippen LogP contribution in [0.3, 0.4) is 0 Å². The van der Waals surface area contributed by atoms with Gasteiger partial charge in [0.1, 0.15) is 6.61 Å². The topological polar surface area (TPSA) is 70.3 Å². The van der Waals surface area contributed by atoms with Crippen molar-refractivity contribution in [3.63, 3.8) is 0 Å². The summed E-state index contributed by atoms with van der Waals surface area (Å²) in [4.78, 5) is 16.5. The number of hydrogen-bond acceptors (Lipinski definition) is 6. The summed E-state index contributed by atoms with van der Waals surface area (Å²) in [6.07, 6.45) is 3.09. The van der Waals surface area contributed by atoms with Gasteiger partial charge in [0.2, 0.25) is 0 Å². The second-order valence-electron chi connectivity index (χ2n) is 6.61. The van der Waals surface area contributed by atoms with E-state index in [1.807, 2.05) is 13.0 Å². The van der Waals surface area contributed by atoms with Gasteiger partial charge in [-0.25, -0.2) is 9.79 Å². The highest BCUT2D eigenvalue weighted by atomic mass is 79.9. The molecule has 3 aromatic rings. The van der Waals surface area contributed by atoms with Gasteiger partial charge in [-0.15, -0.1) is 0 Å². The average molecular weight is 537 g/mol. The van der Waals surface area contributed by atoms with Gasteiger partial charge >= 0.3 is 5.97 Å². The van der Waals surface area contributed by atoms with Gasteiger partial charge in [-0.3, -0.25) is 0 Å². The highest BCUT2D eigenvalue weighted by Crippen LogP contribution is 2.38. The largest absolute Gasteiger partial charge is 0.490 e. The monoisotopic (exact) mass is 535 g/mol. The highest BCUT2D eigenvalue weighted by molar-refractivity contribution is 9.10. The van der Waals surface area contributed by atoms with Crippen LogP contribution in [-0.2, 0) is 16.1 Å². The molecule has 0 aliphatic carbocycles. The zero-order valence-corrected chi connectivity index (χ0v) is 19.8. The van der Waals surface area contributed by atoms with Crippen LogP contribution >= 0.6 is 39.1 Å². The first kappa shape index (κ1) is 22.5. The molecule has 6 nitrogen and oxygen atoms in total. The molecular weight excluding hydrogens is 521 g/mol. The summed E-state index contributed by atoms with van der Waals surface area (Å²) in [7, 11) is 0. The summed E-state index contributed by atoms with van der Waals surface area (Å²) in [5, 5.41) is 0.934. The molecular formula is C23H16BrCl2NO5. The molecule has 0 spiro atoms. The minimum Gasteiger partial charge on any atom is -0.490 e. The van der Waals surface area contributed by atoms with E-state index in [4.69, 9.17) is 41.8 Å². The SMILES string of the molecule is CCOc1cc(/C=C2\N=C(c3ccco3)OC2=O)cc(Br)c1OCc1ccc(Cl)c(Cl)c1. The summed E-state index contributed by atoms with van der Waals surface area (Å²) in [6, 6.07) is 12.2. The fourth-order valence-corrected chi connectivity index (χ4v) is 3.83. The van der Waals surface area contributed by atoms with Gasteiger partial charge in [0.25, 0.3) is 5.90 Å². The van der Waals surface area contributed by atoms with Gasteiger partial charge in [0.15, 0.2) is 23.0 Å². The first-order chi connectivity index (χ1) is 15.4. The number of carbonyl (C=O) groups excluding carboxylic acids is 1. The standard InChI is InChI=1S/C23H16BrCl2NO5/c1-2-29-20-11-14(10-18-23(28)32-22(27-18)19-4-3-7-30-19)8-15(24)21(20)31-12-13-5-6-16(25)17(26)9-13/h3-11H,2,12H2,1H3/b18-10-. The quantitative estimate of drug-likeness (QED) is 0.249. The predicted octanol–water partition coefficient (Wildman–Crippen LogP) is 6.67. The van der Waals surface area contributed by atoms with Crippen LogP contribution in [0.25, 0.3) is 6.08 Å². The van der Waals surface area contributed by atoms with Gasteiger partial charge in [0.05, 0.1) is 27.4 Å². The number of rotatable bonds is 7. The number of cyclic esters (lactones) is 1. The Morgan fingerprint density at radius 1 is 1.12 bits per heavy atom. The Morgan fingerprint density at radius 2 is 1.97 bits per heavy atom. The average Bonchev–Trinajstić information content (AvgIpc) is 3.41. The molecule has 1 aliphatic rings. The number of nitrogens with zero attached hydrogens (tertiary/aromatic N) is 1. The molecule has 32 heavy (non-hydrogen) atoms. The maximum Gasteiger partial charge on any atom is 0.363 e. The van der Waals surface area contributed by atoms with Crippen molar-refractivity contribution in [2.45, 2.75) is 13.5 Å². The maximum absolute atomic E-state index is 12.2. The fraction of sp³-hybridized carbons (Fsp3) is 0.130. The van der Waals surface area contributed by atoms with E-state index in [1.54, 1.807) is 42.5 Å². The van der Waals surface area contributed by atoms with E-state index in [9.17, 15) is 4.79 Å². The number of furan rings is 1. The molecule has 2 heterocycles.